The third-order valence-electron chi connectivity index (χ3n) is 19.8. The smallest absolute Gasteiger partial charge is 0.309 e. The molecular weight excluding hydrogens is 738 g/mol. The lowest BCUT2D eigenvalue weighted by atomic mass is 9.25. The summed E-state index contributed by atoms with van der Waals surface area (Å²) in [6, 6.07) is 6.72. The van der Waals surface area contributed by atoms with E-state index in [0.717, 1.165) is 50.5 Å². The SMILES string of the molecule is CC(C)C1=C2[C@H]3CC[C@]4(C)[C@@]5(C)CC[C@H](OC(=O)[C@H]6C[C@@H](C(=O)O)C6(C)C)C(C)(C)[C@]5(C)CC[C@@]4(C)[C@]3(C)CC[C@@]2([C@@H](O)CNC(=O)c2ccc(Cl)cc2)CC1=O. The van der Waals surface area contributed by atoms with Gasteiger partial charge in [0.05, 0.1) is 17.9 Å². The van der Waals surface area contributed by atoms with Crippen molar-refractivity contribution in [3.8, 4) is 0 Å². The third kappa shape index (κ3) is 5.46. The van der Waals surface area contributed by atoms with Gasteiger partial charge in [-0.15, -0.1) is 0 Å². The summed E-state index contributed by atoms with van der Waals surface area (Å²) in [6.07, 6.45) is 6.64. The number of halogens is 1. The number of ether oxygens (including phenoxy) is 1. The molecule has 1 amide bonds. The van der Waals surface area contributed by atoms with Crippen molar-refractivity contribution in [2.45, 2.75) is 153 Å². The van der Waals surface area contributed by atoms with E-state index in [1.165, 1.54) is 5.57 Å². The molecule has 0 bridgehead atoms. The van der Waals surface area contributed by atoms with E-state index in [1.807, 2.05) is 13.8 Å². The maximum absolute atomic E-state index is 14.2. The van der Waals surface area contributed by atoms with E-state index in [2.05, 4.69) is 67.6 Å². The number of hydrogen-bond donors (Lipinski definition) is 3. The highest BCUT2D eigenvalue weighted by molar-refractivity contribution is 6.30. The Morgan fingerprint density at radius 2 is 1.42 bits per heavy atom. The van der Waals surface area contributed by atoms with Crippen molar-refractivity contribution in [2.75, 3.05) is 6.54 Å². The second-order valence-electron chi connectivity index (χ2n) is 22.0. The monoisotopic (exact) mass is 805 g/mol. The normalized spacial score (nSPS) is 42.2. The molecule has 0 radical (unpaired) electrons. The summed E-state index contributed by atoms with van der Waals surface area (Å²) < 4.78 is 6.50. The predicted octanol–water partition coefficient (Wildman–Crippen LogP) is 9.85. The zero-order chi connectivity index (χ0) is 42.1. The van der Waals surface area contributed by atoms with Crippen molar-refractivity contribution in [3.05, 3.63) is 46.0 Å². The molecule has 57 heavy (non-hydrogen) atoms. The van der Waals surface area contributed by atoms with Crippen molar-refractivity contribution >= 4 is 35.2 Å². The number of rotatable bonds is 8. The maximum Gasteiger partial charge on any atom is 0.309 e. The minimum atomic E-state index is -0.902. The van der Waals surface area contributed by atoms with Gasteiger partial charge in [0.1, 0.15) is 6.10 Å². The predicted molar refractivity (Wildman–Crippen MR) is 221 cm³/mol. The van der Waals surface area contributed by atoms with Crippen LogP contribution < -0.4 is 5.32 Å². The van der Waals surface area contributed by atoms with Gasteiger partial charge in [-0.25, -0.2) is 0 Å². The largest absolute Gasteiger partial charge is 0.481 e. The zero-order valence-electron chi connectivity index (χ0n) is 36.4. The molecule has 0 spiro atoms. The van der Waals surface area contributed by atoms with Crippen LogP contribution in [0.25, 0.3) is 0 Å². The maximum atomic E-state index is 14.2. The number of carboxylic acid groups (broad SMARTS) is 1. The first-order chi connectivity index (χ1) is 26.3. The number of aliphatic hydroxyl groups excluding tert-OH is 1. The van der Waals surface area contributed by atoms with E-state index in [4.69, 9.17) is 16.3 Å². The number of carboxylic acids is 1. The summed E-state index contributed by atoms with van der Waals surface area (Å²) in [4.78, 5) is 53.0. The number of aliphatic carboxylic acids is 1. The number of Topliss-reactive ketones (excluding diaryl/α,β-unsaturated/α-hetero) is 1. The Bertz CT molecular complexity index is 1900. The molecule has 6 aliphatic carbocycles. The first-order valence-corrected chi connectivity index (χ1v) is 22.1. The Hall–Kier alpha value is -2.71. The molecule has 11 atom stereocenters. The van der Waals surface area contributed by atoms with E-state index < -0.39 is 34.7 Å². The Balaban J connectivity index is 1.18. The van der Waals surface area contributed by atoms with Crippen LogP contribution in [0.15, 0.2) is 35.4 Å². The van der Waals surface area contributed by atoms with Crippen LogP contribution in [0.2, 0.25) is 5.02 Å². The number of ketones is 1. The van der Waals surface area contributed by atoms with Crippen molar-refractivity contribution in [2.24, 2.45) is 67.0 Å². The highest BCUT2D eigenvalue weighted by atomic mass is 35.5. The number of amides is 1. The Kier molecular flexibility index (Phi) is 9.97. The van der Waals surface area contributed by atoms with E-state index in [9.17, 15) is 29.4 Å². The fourth-order valence-corrected chi connectivity index (χ4v) is 15.1. The number of carbonyl (C=O) groups excluding carboxylic acids is 3. The van der Waals surface area contributed by atoms with Gasteiger partial charge in [-0.3, -0.25) is 19.2 Å². The minimum Gasteiger partial charge on any atom is -0.481 e. The summed E-state index contributed by atoms with van der Waals surface area (Å²) >= 11 is 6.06. The molecule has 5 fully saturated rings. The van der Waals surface area contributed by atoms with Crippen LogP contribution in [-0.4, -0.2) is 52.6 Å². The zero-order valence-corrected chi connectivity index (χ0v) is 37.1. The molecule has 0 aliphatic heterocycles. The lowest BCUT2D eigenvalue weighted by Gasteiger charge is -2.79. The number of nitrogens with one attached hydrogen (secondary N) is 1. The van der Waals surface area contributed by atoms with Gasteiger partial charge in [0, 0.05) is 34.4 Å². The number of benzene rings is 1. The van der Waals surface area contributed by atoms with E-state index >= 15 is 0 Å². The van der Waals surface area contributed by atoms with Crippen LogP contribution in [-0.2, 0) is 19.1 Å². The molecule has 8 nitrogen and oxygen atoms in total. The lowest BCUT2D eigenvalue weighted by molar-refractivity contribution is -0.312. The molecule has 6 aliphatic rings. The molecule has 0 saturated heterocycles. The van der Waals surface area contributed by atoms with Crippen LogP contribution >= 0.6 is 11.6 Å². The third-order valence-corrected chi connectivity index (χ3v) is 20.1. The average molecular weight is 807 g/mol. The van der Waals surface area contributed by atoms with Gasteiger partial charge in [0.25, 0.3) is 5.91 Å². The standard InChI is InChI=1S/C48H68ClNO7/c1-27(2)36-33(51)25-48(34(52)26-50-38(53)28-12-14-29(49)15-13-28)23-20-43(7)30(37(36)48)16-18-47(11)45(43,9)22-21-44(8)42(5,6)35(17-19-46(44,47)10)57-40(56)32-24-31(39(54)55)41(32,3)4/h12-15,27,30-32,34-35,52H,16-26H2,1-11H3,(H,50,53)(H,54,55)/t30-,31+,32-,34+,35+,43-,44+,45+,46+,47+,48+/m1/s1. The fourth-order valence-electron chi connectivity index (χ4n) is 15.0. The fraction of sp³-hybridized carbons (Fsp3) is 0.750. The number of allylic oxidation sites excluding steroid dienone is 1. The lowest BCUT2D eigenvalue weighted by Crippen LogP contribution is -2.73. The first-order valence-electron chi connectivity index (χ1n) is 21.7. The van der Waals surface area contributed by atoms with Crippen molar-refractivity contribution in [3.63, 3.8) is 0 Å². The van der Waals surface area contributed by atoms with Crippen LogP contribution in [0.1, 0.15) is 151 Å². The number of aliphatic hydroxyl groups is 1. The molecule has 7 rings (SSSR count). The molecule has 1 aromatic rings. The second-order valence-corrected chi connectivity index (χ2v) is 22.4. The summed E-state index contributed by atoms with van der Waals surface area (Å²) in [6.45, 7) is 25.2. The van der Waals surface area contributed by atoms with Gasteiger partial charge < -0.3 is 20.3 Å². The van der Waals surface area contributed by atoms with Crippen molar-refractivity contribution in [1.82, 2.24) is 5.32 Å². The van der Waals surface area contributed by atoms with Gasteiger partial charge in [-0.05, 0) is 132 Å². The van der Waals surface area contributed by atoms with E-state index in [1.54, 1.807) is 24.3 Å². The summed E-state index contributed by atoms with van der Waals surface area (Å²) in [5.74, 6) is -2.01. The van der Waals surface area contributed by atoms with Crippen molar-refractivity contribution < 1.29 is 34.1 Å². The molecule has 314 valence electrons. The van der Waals surface area contributed by atoms with Gasteiger partial charge in [0.15, 0.2) is 5.78 Å². The average Bonchev–Trinajstić information content (AvgIpc) is 3.44. The van der Waals surface area contributed by atoms with Crippen LogP contribution in [0, 0.1) is 67.0 Å². The van der Waals surface area contributed by atoms with Crippen LogP contribution in [0.3, 0.4) is 0 Å². The van der Waals surface area contributed by atoms with Gasteiger partial charge >= 0.3 is 11.9 Å². The minimum absolute atomic E-state index is 0.0279. The van der Waals surface area contributed by atoms with Gasteiger partial charge in [-0.2, -0.15) is 0 Å². The van der Waals surface area contributed by atoms with Gasteiger partial charge in [0.2, 0.25) is 0 Å². The highest BCUT2D eigenvalue weighted by Crippen LogP contribution is 2.84. The highest BCUT2D eigenvalue weighted by Gasteiger charge is 2.77. The van der Waals surface area contributed by atoms with E-state index in [-0.39, 0.29) is 81.1 Å². The molecule has 0 heterocycles. The molecule has 5 saturated carbocycles. The second kappa shape index (κ2) is 13.4. The van der Waals surface area contributed by atoms with Crippen molar-refractivity contribution in [1.29, 1.82) is 0 Å². The molecule has 0 aromatic heterocycles. The van der Waals surface area contributed by atoms with Crippen LogP contribution in [0.5, 0.6) is 0 Å². The van der Waals surface area contributed by atoms with Crippen LogP contribution in [0.4, 0.5) is 0 Å². The molecule has 1 aromatic carbocycles. The quantitative estimate of drug-likeness (QED) is 0.223. The van der Waals surface area contributed by atoms with Gasteiger partial charge in [-0.1, -0.05) is 93.3 Å². The number of fused-ring (bicyclic) bond motifs is 7. The Labute approximate surface area is 345 Å². The number of carbonyl (C=O) groups is 4. The summed E-state index contributed by atoms with van der Waals surface area (Å²) in [7, 11) is 0. The first kappa shape index (κ1) is 42.4. The summed E-state index contributed by atoms with van der Waals surface area (Å²) in [5.41, 5.74) is 0.352. The molecule has 9 heteroatoms. The summed E-state index contributed by atoms with van der Waals surface area (Å²) in [5, 5.41) is 25.5. The Morgan fingerprint density at radius 1 is 0.825 bits per heavy atom. The molecule has 3 N–H and O–H groups in total. The molecular formula is C48H68ClNO7. The van der Waals surface area contributed by atoms with E-state index in [0.29, 0.717) is 23.4 Å². The number of esters is 1. The number of hydrogen-bond acceptors (Lipinski definition) is 6. The molecule has 0 unspecified atom stereocenters. The Morgan fingerprint density at radius 3 is 2.02 bits per heavy atom. The topological polar surface area (TPSA) is 130 Å².